The number of hydrogen-bond acceptors (Lipinski definition) is 2. The molecule has 4 aliphatic carbocycles. The Labute approximate surface area is 376 Å². The van der Waals surface area contributed by atoms with Crippen LogP contribution in [0.4, 0.5) is 0 Å². The van der Waals surface area contributed by atoms with Gasteiger partial charge in [-0.25, -0.2) is 0 Å². The summed E-state index contributed by atoms with van der Waals surface area (Å²) in [4.78, 5) is 0. The maximum atomic E-state index is 5.72. The minimum Gasteiger partial charge on any atom is -0.455 e. The third kappa shape index (κ3) is 7.50. The molecule has 1 aliphatic heterocycles. The van der Waals surface area contributed by atoms with E-state index in [2.05, 4.69) is 177 Å². The van der Waals surface area contributed by atoms with E-state index in [4.69, 9.17) is 9.47 Å². The molecule has 1 atom stereocenters. The van der Waals surface area contributed by atoms with E-state index in [-0.39, 0.29) is 6.29 Å². The number of fused-ring (bicyclic) bond motifs is 11. The molecule has 0 N–H and O–H groups in total. The van der Waals surface area contributed by atoms with Gasteiger partial charge < -0.3 is 9.47 Å². The molecule has 64 heavy (non-hydrogen) atoms. The Hall–Kier alpha value is -7.42. The molecule has 1 heterocycles. The standard InChI is InChI=1S/C26H18.C22H18.C14H12O2/c1-2-7-21-15-14-18-8-3-5-10-22(18)25(21)26-23-11-6-4-9-19(23)16-17-24(26)20-12-13-20;1-2-7-17-13-15(5-1)9-10-18-14-19-12-11-16-6-3-4-8-20(16)22(19)21(17)18;1-10-15-13-8-4-2-6-11(13)12-7-3-5-9-14(12)16-10/h2-17H,1H2;1,3-6,8-13,17H,2,7,14H2;2-10H,1H3. The van der Waals surface area contributed by atoms with Gasteiger partial charge in [0.2, 0.25) is 6.29 Å². The fourth-order valence-electron chi connectivity index (χ4n) is 10.0. The van der Waals surface area contributed by atoms with Crippen molar-refractivity contribution in [3.63, 3.8) is 0 Å². The highest BCUT2D eigenvalue weighted by atomic mass is 16.7. The highest BCUT2D eigenvalue weighted by molar-refractivity contribution is 6.12. The van der Waals surface area contributed by atoms with Crippen LogP contribution in [0, 0.1) is 18.8 Å². The highest BCUT2D eigenvalue weighted by Crippen LogP contribution is 2.47. The van der Waals surface area contributed by atoms with Crippen LogP contribution in [0.3, 0.4) is 0 Å². The average Bonchev–Trinajstić information content (AvgIpc) is 4.18. The lowest BCUT2D eigenvalue weighted by atomic mass is 9.85. The first kappa shape index (κ1) is 39.4. The smallest absolute Gasteiger partial charge is 0.238 e. The van der Waals surface area contributed by atoms with E-state index in [1.165, 1.54) is 95.3 Å². The summed E-state index contributed by atoms with van der Waals surface area (Å²) in [5.41, 5.74) is 16.1. The largest absolute Gasteiger partial charge is 0.455 e. The van der Waals surface area contributed by atoms with Gasteiger partial charge in [-0.15, -0.1) is 6.58 Å². The van der Waals surface area contributed by atoms with Crippen molar-refractivity contribution in [2.24, 2.45) is 5.92 Å². The summed E-state index contributed by atoms with van der Waals surface area (Å²) in [7, 11) is 0. The van der Waals surface area contributed by atoms with Crippen LogP contribution in [-0.4, -0.2) is 6.29 Å². The Morgan fingerprint density at radius 2 is 1.14 bits per heavy atom. The van der Waals surface area contributed by atoms with Crippen LogP contribution in [0.2, 0.25) is 0 Å². The van der Waals surface area contributed by atoms with Crippen molar-refractivity contribution < 1.29 is 9.47 Å². The lowest BCUT2D eigenvalue weighted by Crippen LogP contribution is -2.18. The zero-order chi connectivity index (χ0) is 43.0. The SMILES string of the molecule is C1=CC2=CC(CC1)C1=C(C=C2)Cc2ccc3ccccc3c21.C=C[CH]c1ccc2ccccc2c1-c1c(C2=C[CH]2)ccc2ccccc12.CC1Oc2ccccc2-c2ccccc2O1. The second-order valence-corrected chi connectivity index (χ2v) is 17.0. The number of ether oxygens (including phenoxy) is 2. The van der Waals surface area contributed by atoms with Gasteiger partial charge in [-0.3, -0.25) is 0 Å². The molecule has 0 fully saturated rings. The zero-order valence-corrected chi connectivity index (χ0v) is 36.0. The third-order valence-corrected chi connectivity index (χ3v) is 12.9. The Kier molecular flexibility index (Phi) is 10.5. The average molecular weight is 825 g/mol. The van der Waals surface area contributed by atoms with Crippen molar-refractivity contribution in [2.45, 2.75) is 32.5 Å². The van der Waals surface area contributed by atoms with E-state index in [9.17, 15) is 0 Å². The van der Waals surface area contributed by atoms with Crippen LogP contribution < -0.4 is 9.47 Å². The summed E-state index contributed by atoms with van der Waals surface area (Å²) in [6, 6.07) is 55.6. The van der Waals surface area contributed by atoms with Gasteiger partial charge in [-0.05, 0) is 119 Å². The molecule has 2 radical (unpaired) electrons. The maximum Gasteiger partial charge on any atom is 0.238 e. The van der Waals surface area contributed by atoms with E-state index in [0.717, 1.165) is 29.0 Å². The minimum atomic E-state index is -0.259. The predicted molar refractivity (Wildman–Crippen MR) is 269 cm³/mol. The lowest BCUT2D eigenvalue weighted by Gasteiger charge is -2.18. The number of rotatable bonds is 4. The van der Waals surface area contributed by atoms with Crippen molar-refractivity contribution in [3.8, 4) is 33.8 Å². The Bertz CT molecular complexity index is 3250. The first-order chi connectivity index (χ1) is 31.6. The van der Waals surface area contributed by atoms with E-state index < -0.39 is 0 Å². The van der Waals surface area contributed by atoms with Crippen molar-refractivity contribution in [2.75, 3.05) is 0 Å². The Morgan fingerprint density at radius 1 is 0.562 bits per heavy atom. The zero-order valence-electron chi connectivity index (χ0n) is 36.0. The molecule has 0 saturated heterocycles. The van der Waals surface area contributed by atoms with Gasteiger partial charge in [-0.1, -0.05) is 188 Å². The normalized spacial score (nSPS) is 16.4. The van der Waals surface area contributed by atoms with E-state index in [1.807, 2.05) is 49.4 Å². The quantitative estimate of drug-likeness (QED) is 0.176. The first-order valence-electron chi connectivity index (χ1n) is 22.5. The van der Waals surface area contributed by atoms with Crippen LogP contribution in [-0.2, 0) is 6.42 Å². The molecule has 8 aromatic carbocycles. The molecule has 2 nitrogen and oxygen atoms in total. The Morgan fingerprint density at radius 3 is 1.80 bits per heavy atom. The Balaban J connectivity index is 0.000000110. The fourth-order valence-corrected chi connectivity index (χ4v) is 10.0. The molecule has 2 heteroatoms. The monoisotopic (exact) mass is 824 g/mol. The summed E-state index contributed by atoms with van der Waals surface area (Å²) in [6.45, 7) is 5.83. The van der Waals surface area contributed by atoms with Gasteiger partial charge >= 0.3 is 0 Å². The summed E-state index contributed by atoms with van der Waals surface area (Å²) in [5.74, 6) is 2.31. The van der Waals surface area contributed by atoms with E-state index in [0.29, 0.717) is 5.92 Å². The van der Waals surface area contributed by atoms with Gasteiger partial charge in [-0.2, -0.15) is 0 Å². The lowest BCUT2D eigenvalue weighted by molar-refractivity contribution is 0.0262. The maximum absolute atomic E-state index is 5.72. The van der Waals surface area contributed by atoms with Crippen LogP contribution in [0.1, 0.15) is 42.0 Å². The molecule has 0 saturated carbocycles. The van der Waals surface area contributed by atoms with Gasteiger partial charge in [0.25, 0.3) is 0 Å². The highest BCUT2D eigenvalue weighted by Gasteiger charge is 2.29. The fraction of sp³-hybridized carbons (Fsp3) is 0.0968. The van der Waals surface area contributed by atoms with E-state index >= 15 is 0 Å². The third-order valence-electron chi connectivity index (χ3n) is 12.9. The minimum absolute atomic E-state index is 0.259. The number of hydrogen-bond donors (Lipinski definition) is 0. The topological polar surface area (TPSA) is 18.5 Å². The van der Waals surface area contributed by atoms with Crippen molar-refractivity contribution in [3.05, 3.63) is 253 Å². The molecule has 0 amide bonds. The van der Waals surface area contributed by atoms with Crippen molar-refractivity contribution in [1.29, 1.82) is 0 Å². The van der Waals surface area contributed by atoms with Crippen LogP contribution >= 0.6 is 0 Å². The molecular formula is C62H48O2. The predicted octanol–water partition coefficient (Wildman–Crippen LogP) is 16.1. The van der Waals surface area contributed by atoms with Gasteiger partial charge in [0.1, 0.15) is 11.5 Å². The summed E-state index contributed by atoms with van der Waals surface area (Å²) in [6.07, 6.45) is 23.3. The molecule has 308 valence electrons. The van der Waals surface area contributed by atoms with Gasteiger partial charge in [0.05, 0.1) is 0 Å². The van der Waals surface area contributed by atoms with Crippen molar-refractivity contribution >= 4 is 43.5 Å². The van der Waals surface area contributed by atoms with Crippen LogP contribution in [0.25, 0.3) is 65.7 Å². The number of benzene rings is 8. The molecule has 2 bridgehead atoms. The summed E-state index contributed by atoms with van der Waals surface area (Å²) in [5, 5.41) is 7.89. The molecule has 8 aromatic rings. The van der Waals surface area contributed by atoms with Crippen molar-refractivity contribution in [1.82, 2.24) is 0 Å². The molecule has 13 rings (SSSR count). The summed E-state index contributed by atoms with van der Waals surface area (Å²) < 4.78 is 11.4. The molecule has 5 aliphatic rings. The van der Waals surface area contributed by atoms with Crippen LogP contribution in [0.5, 0.6) is 11.5 Å². The molecular weight excluding hydrogens is 777 g/mol. The molecule has 0 aromatic heterocycles. The summed E-state index contributed by atoms with van der Waals surface area (Å²) >= 11 is 0. The number of allylic oxidation sites excluding steroid dienone is 11. The van der Waals surface area contributed by atoms with Crippen LogP contribution in [0.15, 0.2) is 218 Å². The first-order valence-corrected chi connectivity index (χ1v) is 22.5. The van der Waals surface area contributed by atoms with E-state index in [1.54, 1.807) is 5.57 Å². The molecule has 0 spiro atoms. The van der Waals surface area contributed by atoms with Gasteiger partial charge in [0, 0.05) is 36.8 Å². The number of para-hydroxylation sites is 2. The second-order valence-electron chi connectivity index (χ2n) is 17.0. The van der Waals surface area contributed by atoms with Gasteiger partial charge in [0.15, 0.2) is 0 Å². The molecule has 1 unspecified atom stereocenters. The second kappa shape index (κ2) is 17.0.